The predicted molar refractivity (Wildman–Crippen MR) is 74.7 cm³/mol. The van der Waals surface area contributed by atoms with Gasteiger partial charge in [0.25, 0.3) is 8.56 Å². The number of nitrogens with zero attached hydrogens (tertiary/aromatic N) is 1. The highest BCUT2D eigenvalue weighted by molar-refractivity contribution is 6.88. The van der Waals surface area contributed by atoms with Crippen LogP contribution in [0.5, 0.6) is 0 Å². The van der Waals surface area contributed by atoms with Gasteiger partial charge in [-0.3, -0.25) is 0 Å². The normalized spacial score (nSPS) is 13.6. The molecule has 0 spiro atoms. The Kier molecular flexibility index (Phi) is 6.28. The summed E-state index contributed by atoms with van der Waals surface area (Å²) in [7, 11) is -2.85. The molecule has 0 aromatic rings. The van der Waals surface area contributed by atoms with Gasteiger partial charge in [0.2, 0.25) is 0 Å². The van der Waals surface area contributed by atoms with Crippen LogP contribution < -0.4 is 9.96 Å². The van der Waals surface area contributed by atoms with Crippen LogP contribution in [0.2, 0.25) is 26.2 Å². The second kappa shape index (κ2) is 6.15. The van der Waals surface area contributed by atoms with Crippen LogP contribution in [0.4, 0.5) is 0 Å². The summed E-state index contributed by atoms with van der Waals surface area (Å²) in [6.07, 6.45) is 0. The van der Waals surface area contributed by atoms with Crippen molar-refractivity contribution in [3.63, 3.8) is 0 Å². The molecule has 0 saturated carbocycles. The van der Waals surface area contributed by atoms with Crippen molar-refractivity contribution in [2.24, 2.45) is 0 Å². The summed E-state index contributed by atoms with van der Waals surface area (Å²) in [4.78, 5) is 7.41. The van der Waals surface area contributed by atoms with Crippen molar-refractivity contribution in [3.8, 4) is 0 Å². The van der Waals surface area contributed by atoms with Gasteiger partial charge in [0, 0.05) is 0 Å². The molecule has 0 bridgehead atoms. The Morgan fingerprint density at radius 3 is 1.47 bits per heavy atom. The fourth-order valence-corrected chi connectivity index (χ4v) is 11.7. The van der Waals surface area contributed by atoms with E-state index in [1.165, 1.54) is 0 Å². The highest BCUT2D eigenvalue weighted by Gasteiger charge is 2.40. The van der Waals surface area contributed by atoms with Crippen LogP contribution in [-0.2, 0) is 0 Å². The molecule has 5 heteroatoms. The van der Waals surface area contributed by atoms with Gasteiger partial charge in [-0.1, -0.05) is 40.4 Å². The van der Waals surface area contributed by atoms with E-state index in [-0.39, 0.29) is 0 Å². The summed E-state index contributed by atoms with van der Waals surface area (Å²) in [6, 6.07) is 0. The highest BCUT2D eigenvalue weighted by atomic mass is 28.4. The molecule has 0 atom stereocenters. The minimum absolute atomic E-state index is 1.05. The average molecular weight is 248 g/mol. The summed E-state index contributed by atoms with van der Waals surface area (Å²) in [5.41, 5.74) is 0. The van der Waals surface area contributed by atoms with Crippen molar-refractivity contribution in [2.75, 3.05) is 19.6 Å². The van der Waals surface area contributed by atoms with Crippen LogP contribution in [-0.4, -0.2) is 40.7 Å². The zero-order valence-corrected chi connectivity index (χ0v) is 13.6. The molecule has 0 aromatic carbocycles. The molecule has 0 unspecified atom stereocenters. The van der Waals surface area contributed by atoms with Crippen molar-refractivity contribution in [3.05, 3.63) is 0 Å². The Bertz CT molecular complexity index is 174. The van der Waals surface area contributed by atoms with Gasteiger partial charge in [-0.25, -0.2) is 0 Å². The fourth-order valence-electron chi connectivity index (χ4n) is 2.40. The van der Waals surface area contributed by atoms with Crippen molar-refractivity contribution in [1.29, 1.82) is 0 Å². The molecule has 2 N–H and O–H groups in total. The number of hydrogen-bond acceptors (Lipinski definition) is 3. The zero-order valence-electron chi connectivity index (χ0n) is 11.6. The largest absolute Gasteiger partial charge is 0.322 e. The van der Waals surface area contributed by atoms with Gasteiger partial charge in [0.05, 0.1) is 0 Å². The molecule has 0 fully saturated rings. The Hall–Kier alpha value is 0.314. The van der Waals surface area contributed by atoms with Crippen LogP contribution in [0.15, 0.2) is 0 Å². The molecule has 92 valence electrons. The first-order valence-corrected chi connectivity index (χ1v) is 12.0. The fraction of sp³-hybridized carbons (Fsp3) is 1.00. The van der Waals surface area contributed by atoms with E-state index in [0.29, 0.717) is 0 Å². The Balaban J connectivity index is 4.84. The summed E-state index contributed by atoms with van der Waals surface area (Å²) >= 11 is 0. The SMILES string of the molecule is CCN[Si](C)(NCC)N(CC)[Si](C)(C)C. The molecule has 0 amide bonds. The lowest BCUT2D eigenvalue weighted by Gasteiger charge is -2.46. The lowest BCUT2D eigenvalue weighted by atomic mass is 10.8. The van der Waals surface area contributed by atoms with Crippen molar-refractivity contribution >= 4 is 16.8 Å². The standard InChI is InChI=1S/C10H29N3Si2/c1-8-11-15(7,12-9-2)13(10-3)14(4,5)6/h11-12H,8-10H2,1-7H3. The van der Waals surface area contributed by atoms with Crippen LogP contribution in [0.1, 0.15) is 20.8 Å². The molecule has 0 radical (unpaired) electrons. The van der Waals surface area contributed by atoms with E-state index < -0.39 is 16.8 Å². The third-order valence-electron chi connectivity index (χ3n) is 2.71. The smallest absolute Gasteiger partial charge is 0.274 e. The van der Waals surface area contributed by atoms with E-state index >= 15 is 0 Å². The third-order valence-corrected chi connectivity index (χ3v) is 11.5. The minimum atomic E-state index is -1.62. The van der Waals surface area contributed by atoms with Gasteiger partial charge in [0.15, 0.2) is 0 Å². The van der Waals surface area contributed by atoms with E-state index in [9.17, 15) is 0 Å². The Morgan fingerprint density at radius 2 is 1.27 bits per heavy atom. The van der Waals surface area contributed by atoms with E-state index in [1.54, 1.807) is 0 Å². The second-order valence-corrected chi connectivity index (χ2v) is 13.8. The minimum Gasteiger partial charge on any atom is -0.322 e. The van der Waals surface area contributed by atoms with Gasteiger partial charge >= 0.3 is 0 Å². The molecule has 0 aromatic heterocycles. The molecular weight excluding hydrogens is 218 g/mol. The Morgan fingerprint density at radius 1 is 0.867 bits per heavy atom. The summed E-state index contributed by atoms with van der Waals surface area (Å²) in [6.45, 7) is 19.6. The maximum atomic E-state index is 3.71. The lowest BCUT2D eigenvalue weighted by molar-refractivity contribution is 0.588. The Labute approximate surface area is 98.0 Å². The highest BCUT2D eigenvalue weighted by Crippen LogP contribution is 2.15. The topological polar surface area (TPSA) is 27.3 Å². The van der Waals surface area contributed by atoms with Crippen LogP contribution in [0, 0.1) is 0 Å². The van der Waals surface area contributed by atoms with Gasteiger partial charge in [-0.15, -0.1) is 0 Å². The van der Waals surface area contributed by atoms with Gasteiger partial charge in [0.1, 0.15) is 8.24 Å². The van der Waals surface area contributed by atoms with E-state index in [1.807, 2.05) is 0 Å². The average Bonchev–Trinajstić information content (AvgIpc) is 2.02. The van der Waals surface area contributed by atoms with Gasteiger partial charge in [-0.2, -0.15) is 0 Å². The molecule has 0 aliphatic carbocycles. The molecule has 15 heavy (non-hydrogen) atoms. The van der Waals surface area contributed by atoms with Crippen LogP contribution in [0.3, 0.4) is 0 Å². The van der Waals surface area contributed by atoms with Crippen molar-refractivity contribution in [1.82, 2.24) is 14.2 Å². The first-order chi connectivity index (χ1) is 6.81. The second-order valence-electron chi connectivity index (χ2n) is 5.05. The zero-order chi connectivity index (χ0) is 12.1. The third kappa shape index (κ3) is 4.36. The molecule has 0 saturated heterocycles. The maximum absolute atomic E-state index is 3.71. The molecule has 0 aliphatic rings. The summed E-state index contributed by atoms with van der Waals surface area (Å²) in [5, 5.41) is 0. The monoisotopic (exact) mass is 247 g/mol. The lowest BCUT2D eigenvalue weighted by Crippen LogP contribution is -2.76. The molecule has 0 heterocycles. The quantitative estimate of drug-likeness (QED) is 0.673. The predicted octanol–water partition coefficient (Wildman–Crippen LogP) is 1.93. The summed E-state index contributed by atoms with van der Waals surface area (Å²) < 4.78 is 2.73. The molecule has 3 nitrogen and oxygen atoms in total. The molecular formula is C10H29N3Si2. The first kappa shape index (κ1) is 15.3. The number of rotatable bonds is 7. The molecule has 0 rings (SSSR count). The van der Waals surface area contributed by atoms with Crippen molar-refractivity contribution in [2.45, 2.75) is 47.0 Å². The van der Waals surface area contributed by atoms with Crippen LogP contribution >= 0.6 is 0 Å². The van der Waals surface area contributed by atoms with Gasteiger partial charge < -0.3 is 14.2 Å². The number of hydrogen-bond donors (Lipinski definition) is 2. The van der Waals surface area contributed by atoms with Crippen LogP contribution in [0.25, 0.3) is 0 Å². The molecule has 0 aliphatic heterocycles. The maximum Gasteiger partial charge on any atom is 0.274 e. The van der Waals surface area contributed by atoms with E-state index in [4.69, 9.17) is 0 Å². The summed E-state index contributed by atoms with van der Waals surface area (Å²) in [5.74, 6) is 0. The first-order valence-electron chi connectivity index (χ1n) is 6.09. The van der Waals surface area contributed by atoms with Crippen molar-refractivity contribution < 1.29 is 0 Å². The van der Waals surface area contributed by atoms with Gasteiger partial charge in [-0.05, 0) is 26.2 Å². The number of nitrogens with one attached hydrogen (secondary N) is 2. The van der Waals surface area contributed by atoms with E-state index in [2.05, 4.69) is 61.2 Å². The van der Waals surface area contributed by atoms with E-state index in [0.717, 1.165) is 19.6 Å².